The zero-order valence-electron chi connectivity index (χ0n) is 15.8. The van der Waals surface area contributed by atoms with E-state index in [0.29, 0.717) is 6.04 Å². The van der Waals surface area contributed by atoms with Gasteiger partial charge in [0.05, 0.1) is 0 Å². The molecule has 4 heteroatoms. The average Bonchev–Trinajstić information content (AvgIpc) is 2.59. The molecule has 2 unspecified atom stereocenters. The van der Waals surface area contributed by atoms with Gasteiger partial charge in [-0.3, -0.25) is 9.89 Å². The minimum absolute atomic E-state index is 0.436. The Bertz CT molecular complexity index is 509. The Kier molecular flexibility index (Phi) is 7.57. The van der Waals surface area contributed by atoms with Gasteiger partial charge in [0, 0.05) is 32.7 Å². The Morgan fingerprint density at radius 1 is 1.29 bits per heavy atom. The van der Waals surface area contributed by atoms with E-state index in [0.717, 1.165) is 31.4 Å². The minimum Gasteiger partial charge on any atom is -0.354 e. The highest BCUT2D eigenvalue weighted by molar-refractivity contribution is 5.79. The molecule has 24 heavy (non-hydrogen) atoms. The molecule has 0 radical (unpaired) electrons. The van der Waals surface area contributed by atoms with Crippen LogP contribution in [0.4, 0.5) is 0 Å². The summed E-state index contributed by atoms with van der Waals surface area (Å²) in [6.45, 7) is 11.1. The molecule has 2 rings (SSSR count). The molecule has 0 amide bonds. The summed E-state index contributed by atoms with van der Waals surface area (Å²) in [6.07, 6.45) is 3.81. The highest BCUT2D eigenvalue weighted by Crippen LogP contribution is 2.18. The molecular formula is C20H34N4. The van der Waals surface area contributed by atoms with Crippen LogP contribution in [-0.4, -0.2) is 37.0 Å². The maximum atomic E-state index is 4.28. The van der Waals surface area contributed by atoms with Crippen molar-refractivity contribution in [3.8, 4) is 0 Å². The largest absolute Gasteiger partial charge is 0.354 e. The van der Waals surface area contributed by atoms with Gasteiger partial charge >= 0.3 is 0 Å². The molecule has 1 aliphatic heterocycles. The normalized spacial score (nSPS) is 20.7. The summed E-state index contributed by atoms with van der Waals surface area (Å²) < 4.78 is 0. The summed E-state index contributed by atoms with van der Waals surface area (Å²) in [5, 5.41) is 6.77. The van der Waals surface area contributed by atoms with Gasteiger partial charge in [0.1, 0.15) is 0 Å². The van der Waals surface area contributed by atoms with Crippen molar-refractivity contribution in [1.82, 2.24) is 15.5 Å². The van der Waals surface area contributed by atoms with Crippen molar-refractivity contribution >= 4 is 5.96 Å². The summed E-state index contributed by atoms with van der Waals surface area (Å²) in [5.74, 6) is 1.71. The van der Waals surface area contributed by atoms with Gasteiger partial charge in [-0.15, -0.1) is 0 Å². The fourth-order valence-electron chi connectivity index (χ4n) is 3.17. The van der Waals surface area contributed by atoms with E-state index in [4.69, 9.17) is 0 Å². The van der Waals surface area contributed by atoms with Crippen LogP contribution in [0.25, 0.3) is 0 Å². The van der Waals surface area contributed by atoms with Gasteiger partial charge in [-0.1, -0.05) is 38.1 Å². The van der Waals surface area contributed by atoms with Crippen LogP contribution < -0.4 is 10.6 Å². The van der Waals surface area contributed by atoms with Crippen LogP contribution in [0.15, 0.2) is 29.3 Å². The van der Waals surface area contributed by atoms with Gasteiger partial charge in [0.25, 0.3) is 0 Å². The molecule has 0 aromatic heterocycles. The van der Waals surface area contributed by atoms with E-state index < -0.39 is 0 Å². The number of aliphatic imine (C=N–C) groups is 1. The molecule has 0 bridgehead atoms. The lowest BCUT2D eigenvalue weighted by atomic mass is 9.99. The summed E-state index contributed by atoms with van der Waals surface area (Å²) in [5.41, 5.74) is 2.70. The average molecular weight is 331 g/mol. The summed E-state index contributed by atoms with van der Waals surface area (Å²) >= 11 is 0. The van der Waals surface area contributed by atoms with Crippen molar-refractivity contribution in [3.05, 3.63) is 35.4 Å². The van der Waals surface area contributed by atoms with Crippen molar-refractivity contribution in [3.63, 3.8) is 0 Å². The molecule has 4 nitrogen and oxygen atoms in total. The van der Waals surface area contributed by atoms with E-state index in [-0.39, 0.29) is 0 Å². The molecule has 2 N–H and O–H groups in total. The monoisotopic (exact) mass is 330 g/mol. The van der Waals surface area contributed by atoms with Crippen molar-refractivity contribution < 1.29 is 0 Å². The summed E-state index contributed by atoms with van der Waals surface area (Å²) in [6, 6.07) is 9.42. The molecule has 1 heterocycles. The van der Waals surface area contributed by atoms with Crippen LogP contribution in [0, 0.1) is 5.92 Å². The molecule has 0 spiro atoms. The number of guanidine groups is 1. The molecule has 134 valence electrons. The number of hydrogen-bond acceptors (Lipinski definition) is 2. The van der Waals surface area contributed by atoms with Crippen molar-refractivity contribution in [1.29, 1.82) is 0 Å². The molecule has 1 aliphatic rings. The molecule has 1 saturated heterocycles. The number of nitrogens with one attached hydrogen (secondary N) is 2. The van der Waals surface area contributed by atoms with Gasteiger partial charge < -0.3 is 10.6 Å². The summed E-state index contributed by atoms with van der Waals surface area (Å²) in [4.78, 5) is 6.86. The predicted molar refractivity (Wildman–Crippen MR) is 103 cm³/mol. The Balaban J connectivity index is 1.81. The number of nitrogens with zero attached hydrogens (tertiary/aromatic N) is 2. The number of benzene rings is 1. The van der Waals surface area contributed by atoms with Crippen LogP contribution in [-0.2, 0) is 13.1 Å². The third kappa shape index (κ3) is 6.16. The highest BCUT2D eigenvalue weighted by atomic mass is 15.2. The second-order valence-electron chi connectivity index (χ2n) is 7.18. The lowest BCUT2D eigenvalue weighted by Crippen LogP contribution is -2.41. The second kappa shape index (κ2) is 9.67. The first-order valence-electron chi connectivity index (χ1n) is 9.38. The molecule has 0 aliphatic carbocycles. The number of piperidine rings is 1. The van der Waals surface area contributed by atoms with E-state index in [2.05, 4.69) is 65.6 Å². The van der Waals surface area contributed by atoms with Crippen LogP contribution >= 0.6 is 0 Å². The predicted octanol–water partition coefficient (Wildman–Crippen LogP) is 3.38. The number of likely N-dealkylation sites (tertiary alicyclic amines) is 1. The van der Waals surface area contributed by atoms with E-state index in [9.17, 15) is 0 Å². The number of rotatable bonds is 6. The topological polar surface area (TPSA) is 39.7 Å². The lowest BCUT2D eigenvalue weighted by molar-refractivity contribution is 0.176. The molecular weight excluding hydrogens is 296 g/mol. The molecule has 0 saturated carbocycles. The third-order valence-electron chi connectivity index (χ3n) is 4.85. The van der Waals surface area contributed by atoms with Crippen molar-refractivity contribution in [2.24, 2.45) is 10.9 Å². The molecule has 2 atom stereocenters. The van der Waals surface area contributed by atoms with Crippen molar-refractivity contribution in [2.45, 2.75) is 59.2 Å². The number of hydrogen-bond donors (Lipinski definition) is 2. The van der Waals surface area contributed by atoms with Crippen molar-refractivity contribution in [2.75, 3.05) is 20.1 Å². The summed E-state index contributed by atoms with van der Waals surface area (Å²) in [7, 11) is 1.82. The van der Waals surface area contributed by atoms with E-state index in [1.54, 1.807) is 0 Å². The Hall–Kier alpha value is -1.55. The van der Waals surface area contributed by atoms with E-state index in [1.807, 2.05) is 7.05 Å². The van der Waals surface area contributed by atoms with Gasteiger partial charge in [-0.2, -0.15) is 0 Å². The standard InChI is InChI=1S/C20H34N4/c1-5-17(3)23-20(21-4)22-13-18-8-10-19(11-9-18)15-24-12-6-7-16(2)14-24/h8-11,16-17H,5-7,12-15H2,1-4H3,(H2,21,22,23). The van der Waals surface area contributed by atoms with E-state index in [1.165, 1.54) is 37.1 Å². The fraction of sp³-hybridized carbons (Fsp3) is 0.650. The first-order valence-corrected chi connectivity index (χ1v) is 9.38. The Morgan fingerprint density at radius 3 is 2.62 bits per heavy atom. The molecule has 1 aromatic carbocycles. The van der Waals surface area contributed by atoms with Crippen LogP contribution in [0.5, 0.6) is 0 Å². The van der Waals surface area contributed by atoms with Crippen LogP contribution in [0.2, 0.25) is 0 Å². The van der Waals surface area contributed by atoms with Gasteiger partial charge in [-0.05, 0) is 49.8 Å². The maximum absolute atomic E-state index is 4.28. The third-order valence-corrected chi connectivity index (χ3v) is 4.85. The zero-order chi connectivity index (χ0) is 17.4. The second-order valence-corrected chi connectivity index (χ2v) is 7.18. The van der Waals surface area contributed by atoms with Gasteiger partial charge in [-0.25, -0.2) is 0 Å². The molecule has 1 fully saturated rings. The Morgan fingerprint density at radius 2 is 2.00 bits per heavy atom. The Labute approximate surface area is 147 Å². The lowest BCUT2D eigenvalue weighted by Gasteiger charge is -2.30. The zero-order valence-corrected chi connectivity index (χ0v) is 15.8. The highest BCUT2D eigenvalue weighted by Gasteiger charge is 2.16. The first-order chi connectivity index (χ1) is 11.6. The molecule has 1 aromatic rings. The maximum Gasteiger partial charge on any atom is 0.191 e. The first kappa shape index (κ1) is 18.8. The fourth-order valence-corrected chi connectivity index (χ4v) is 3.17. The van der Waals surface area contributed by atoms with Crippen LogP contribution in [0.3, 0.4) is 0 Å². The quantitative estimate of drug-likeness (QED) is 0.620. The van der Waals surface area contributed by atoms with Gasteiger partial charge in [0.15, 0.2) is 5.96 Å². The minimum atomic E-state index is 0.436. The SMILES string of the molecule is CCC(C)NC(=NC)NCc1ccc(CN2CCCC(C)C2)cc1. The van der Waals surface area contributed by atoms with E-state index >= 15 is 0 Å². The smallest absolute Gasteiger partial charge is 0.191 e. The van der Waals surface area contributed by atoms with Gasteiger partial charge in [0.2, 0.25) is 0 Å². The van der Waals surface area contributed by atoms with Crippen LogP contribution in [0.1, 0.15) is 51.2 Å².